The third-order valence-corrected chi connectivity index (χ3v) is 7.51. The summed E-state index contributed by atoms with van der Waals surface area (Å²) in [6, 6.07) is 6.90. The molecule has 0 amide bonds. The van der Waals surface area contributed by atoms with Crippen LogP contribution < -0.4 is 14.2 Å². The van der Waals surface area contributed by atoms with Crippen molar-refractivity contribution in [1.82, 2.24) is 34.5 Å². The number of methoxy groups -OCH3 is 2. The minimum Gasteiger partial charge on any atom is -0.494 e. The van der Waals surface area contributed by atoms with Crippen LogP contribution in [-0.2, 0) is 21.8 Å². The molecular weight excluding hydrogens is 536 g/mol. The van der Waals surface area contributed by atoms with Gasteiger partial charge in [-0.05, 0) is 32.0 Å². The third-order valence-electron chi connectivity index (χ3n) is 5.62. The smallest absolute Gasteiger partial charge is 0.243 e. The van der Waals surface area contributed by atoms with E-state index in [0.29, 0.717) is 27.9 Å². The fourth-order valence-corrected chi connectivity index (χ4v) is 4.96. The molecule has 38 heavy (non-hydrogen) atoms. The lowest BCUT2D eigenvalue weighted by atomic mass is 10.2. The molecule has 1 N–H and O–H groups in total. The van der Waals surface area contributed by atoms with Crippen LogP contribution in [0.4, 0.5) is 5.95 Å². The Hall–Kier alpha value is -3.75. The first-order valence-corrected chi connectivity index (χ1v) is 13.4. The van der Waals surface area contributed by atoms with E-state index in [1.165, 1.54) is 38.1 Å². The standard InChI is InChI=1S/C23H27ClN8O5S/c1-6-37-20(21-25-12-15(24)13-26-21)14(2)38(33,34)30-23-28-27-22(16-10-11-31(3)29-16)32(23)19-17(35-4)8-7-9-18(19)36-5/h7-14,20H,6H2,1-5H3,(H,28,30)/t14-,20+/m1/s1. The number of hydrogen-bond acceptors (Lipinski definition) is 10. The van der Waals surface area contributed by atoms with Gasteiger partial charge < -0.3 is 14.2 Å². The minimum absolute atomic E-state index is 0.104. The average molecular weight is 563 g/mol. The molecule has 3 aromatic heterocycles. The van der Waals surface area contributed by atoms with Crippen molar-refractivity contribution in [1.29, 1.82) is 0 Å². The molecule has 0 aliphatic heterocycles. The Balaban J connectivity index is 1.82. The summed E-state index contributed by atoms with van der Waals surface area (Å²) in [7, 11) is 0.599. The molecule has 202 valence electrons. The van der Waals surface area contributed by atoms with Crippen LogP contribution >= 0.6 is 11.6 Å². The highest BCUT2D eigenvalue weighted by Gasteiger charge is 2.35. The Labute approximate surface area is 224 Å². The van der Waals surface area contributed by atoms with Gasteiger partial charge >= 0.3 is 0 Å². The Kier molecular flexibility index (Phi) is 8.14. The van der Waals surface area contributed by atoms with E-state index in [-0.39, 0.29) is 24.2 Å². The van der Waals surface area contributed by atoms with E-state index in [2.05, 4.69) is 30.0 Å². The van der Waals surface area contributed by atoms with Crippen molar-refractivity contribution in [3.8, 4) is 28.7 Å². The predicted octanol–water partition coefficient (Wildman–Crippen LogP) is 3.04. The number of hydrogen-bond donors (Lipinski definition) is 1. The van der Waals surface area contributed by atoms with Crippen molar-refractivity contribution >= 4 is 27.6 Å². The van der Waals surface area contributed by atoms with E-state index in [9.17, 15) is 8.42 Å². The summed E-state index contributed by atoms with van der Waals surface area (Å²) in [5, 5.41) is 12.0. The van der Waals surface area contributed by atoms with E-state index >= 15 is 0 Å². The van der Waals surface area contributed by atoms with Crippen molar-refractivity contribution in [2.75, 3.05) is 25.5 Å². The minimum atomic E-state index is -4.14. The van der Waals surface area contributed by atoms with Gasteiger partial charge in [-0.25, -0.2) is 18.4 Å². The SMILES string of the molecule is CCO[C@H](c1ncc(Cl)cn1)[C@@H](C)S(=O)(=O)Nc1nnc(-c2ccn(C)n2)n1-c1c(OC)cccc1OC. The number of anilines is 1. The second kappa shape index (κ2) is 11.3. The van der Waals surface area contributed by atoms with E-state index in [1.807, 2.05) is 0 Å². The van der Waals surface area contributed by atoms with Gasteiger partial charge in [0, 0.05) is 32.2 Å². The molecule has 0 unspecified atom stereocenters. The normalized spacial score (nSPS) is 13.2. The topological polar surface area (TPSA) is 148 Å². The third kappa shape index (κ3) is 5.42. The Morgan fingerprint density at radius 1 is 1.08 bits per heavy atom. The molecule has 0 fully saturated rings. The van der Waals surface area contributed by atoms with Crippen LogP contribution in [0.5, 0.6) is 11.5 Å². The lowest BCUT2D eigenvalue weighted by molar-refractivity contribution is 0.0558. The lowest BCUT2D eigenvalue weighted by Crippen LogP contribution is -2.34. The number of rotatable bonds is 11. The van der Waals surface area contributed by atoms with Crippen molar-refractivity contribution < 1.29 is 22.6 Å². The van der Waals surface area contributed by atoms with Crippen LogP contribution in [0.25, 0.3) is 17.2 Å². The summed E-state index contributed by atoms with van der Waals surface area (Å²) in [5.41, 5.74) is 0.837. The molecule has 13 nitrogen and oxygen atoms in total. The number of aryl methyl sites for hydroxylation is 1. The van der Waals surface area contributed by atoms with Gasteiger partial charge in [0.2, 0.25) is 16.0 Å². The largest absolute Gasteiger partial charge is 0.494 e. The Bertz CT molecular complexity index is 1480. The monoisotopic (exact) mass is 562 g/mol. The zero-order valence-corrected chi connectivity index (χ0v) is 22.9. The zero-order chi connectivity index (χ0) is 27.4. The first kappa shape index (κ1) is 27.3. The second-order valence-electron chi connectivity index (χ2n) is 8.06. The zero-order valence-electron chi connectivity index (χ0n) is 21.4. The molecule has 0 bridgehead atoms. The van der Waals surface area contributed by atoms with Crippen LogP contribution in [0.1, 0.15) is 25.8 Å². The first-order chi connectivity index (χ1) is 18.2. The van der Waals surface area contributed by atoms with Gasteiger partial charge in [-0.3, -0.25) is 14.0 Å². The molecule has 1 aromatic carbocycles. The van der Waals surface area contributed by atoms with Crippen molar-refractivity contribution in [2.45, 2.75) is 25.2 Å². The molecule has 0 spiro atoms. The highest BCUT2D eigenvalue weighted by molar-refractivity contribution is 7.93. The first-order valence-electron chi connectivity index (χ1n) is 11.5. The summed E-state index contributed by atoms with van der Waals surface area (Å²) in [6.45, 7) is 3.47. The number of nitrogens with one attached hydrogen (secondary N) is 1. The Morgan fingerprint density at radius 3 is 2.29 bits per heavy atom. The van der Waals surface area contributed by atoms with Crippen LogP contribution in [0, 0.1) is 0 Å². The van der Waals surface area contributed by atoms with Crippen molar-refractivity contribution in [3.63, 3.8) is 0 Å². The van der Waals surface area contributed by atoms with Gasteiger partial charge in [0.1, 0.15) is 34.2 Å². The fraction of sp³-hybridized carbons (Fsp3) is 0.348. The van der Waals surface area contributed by atoms with Gasteiger partial charge in [-0.2, -0.15) is 5.10 Å². The summed E-state index contributed by atoms with van der Waals surface area (Å²) in [4.78, 5) is 8.32. The number of aromatic nitrogens is 7. The average Bonchev–Trinajstić information content (AvgIpc) is 3.52. The maximum absolute atomic E-state index is 13.7. The van der Waals surface area contributed by atoms with Crippen LogP contribution in [0.15, 0.2) is 42.9 Å². The molecule has 4 rings (SSSR count). The number of ether oxygens (including phenoxy) is 3. The summed E-state index contributed by atoms with van der Waals surface area (Å²) in [6.07, 6.45) is 3.51. The van der Waals surface area contributed by atoms with Gasteiger partial charge in [-0.15, -0.1) is 10.2 Å². The van der Waals surface area contributed by atoms with E-state index in [1.54, 1.807) is 49.1 Å². The predicted molar refractivity (Wildman–Crippen MR) is 140 cm³/mol. The molecule has 0 aliphatic rings. The highest BCUT2D eigenvalue weighted by atomic mass is 35.5. The number of sulfonamides is 1. The number of benzene rings is 1. The number of nitrogens with zero attached hydrogens (tertiary/aromatic N) is 7. The van der Waals surface area contributed by atoms with Gasteiger partial charge in [0.25, 0.3) is 0 Å². The molecule has 0 aliphatic carbocycles. The van der Waals surface area contributed by atoms with Crippen LogP contribution in [-0.4, -0.2) is 69.0 Å². The molecule has 0 radical (unpaired) electrons. The van der Waals surface area contributed by atoms with E-state index in [4.69, 9.17) is 25.8 Å². The van der Waals surface area contributed by atoms with Gasteiger partial charge in [-0.1, -0.05) is 17.7 Å². The van der Waals surface area contributed by atoms with Gasteiger partial charge in [0.05, 0.1) is 19.2 Å². The lowest BCUT2D eigenvalue weighted by Gasteiger charge is -2.23. The molecular formula is C23H27ClN8O5S. The second-order valence-corrected chi connectivity index (χ2v) is 10.5. The summed E-state index contributed by atoms with van der Waals surface area (Å²) in [5.74, 6) is 1.14. The van der Waals surface area contributed by atoms with Crippen LogP contribution in [0.2, 0.25) is 5.02 Å². The Morgan fingerprint density at radius 2 is 1.74 bits per heavy atom. The molecule has 0 saturated heterocycles. The molecule has 15 heteroatoms. The summed E-state index contributed by atoms with van der Waals surface area (Å²) < 4.78 is 49.8. The maximum atomic E-state index is 13.7. The highest BCUT2D eigenvalue weighted by Crippen LogP contribution is 2.37. The van der Waals surface area contributed by atoms with E-state index in [0.717, 1.165) is 0 Å². The van der Waals surface area contributed by atoms with Gasteiger partial charge in [0.15, 0.2) is 11.6 Å². The molecule has 3 heterocycles. The van der Waals surface area contributed by atoms with Crippen LogP contribution in [0.3, 0.4) is 0 Å². The quantitative estimate of drug-likeness (QED) is 0.289. The summed E-state index contributed by atoms with van der Waals surface area (Å²) >= 11 is 5.91. The van der Waals surface area contributed by atoms with E-state index < -0.39 is 21.4 Å². The fourth-order valence-electron chi connectivity index (χ4n) is 3.77. The molecule has 0 saturated carbocycles. The molecule has 2 atom stereocenters. The van der Waals surface area contributed by atoms with Crippen molar-refractivity contribution in [2.24, 2.45) is 7.05 Å². The number of para-hydroxylation sites is 1. The maximum Gasteiger partial charge on any atom is 0.243 e. The number of halogens is 1. The molecule has 4 aromatic rings. The van der Waals surface area contributed by atoms with Crippen molar-refractivity contribution in [3.05, 3.63) is 53.7 Å².